The molecule has 9 heteroatoms. The Bertz CT molecular complexity index is 1020. The third kappa shape index (κ3) is 2.82. The van der Waals surface area contributed by atoms with Gasteiger partial charge in [0.15, 0.2) is 0 Å². The summed E-state index contributed by atoms with van der Waals surface area (Å²) in [4.78, 5) is 31.3. The maximum absolute atomic E-state index is 12.0. The molecule has 0 aliphatic carbocycles. The van der Waals surface area contributed by atoms with Crippen LogP contribution in [0.3, 0.4) is 0 Å². The van der Waals surface area contributed by atoms with E-state index in [1.807, 2.05) is 0 Å². The monoisotopic (exact) mass is 374 g/mol. The van der Waals surface area contributed by atoms with Crippen LogP contribution in [0.15, 0.2) is 16.7 Å². The van der Waals surface area contributed by atoms with E-state index in [4.69, 9.17) is 20.9 Å². The topological polar surface area (TPSA) is 110 Å². The number of halogens is 1. The van der Waals surface area contributed by atoms with Crippen molar-refractivity contribution >= 4 is 34.4 Å². The van der Waals surface area contributed by atoms with Crippen LogP contribution in [0.2, 0.25) is 5.02 Å². The van der Waals surface area contributed by atoms with E-state index in [-0.39, 0.29) is 30.7 Å². The molecule has 1 aromatic carbocycles. The molecule has 0 radical (unpaired) electrons. The van der Waals surface area contributed by atoms with Gasteiger partial charge in [-0.3, -0.25) is 4.79 Å². The third-order valence-electron chi connectivity index (χ3n) is 4.20. The lowest BCUT2D eigenvalue weighted by molar-refractivity contribution is -0.120. The van der Waals surface area contributed by atoms with Gasteiger partial charge >= 0.3 is 5.97 Å². The van der Waals surface area contributed by atoms with Gasteiger partial charge in [-0.15, -0.1) is 0 Å². The summed E-state index contributed by atoms with van der Waals surface area (Å²) in [5, 5.41) is 7.80. The van der Waals surface area contributed by atoms with E-state index in [1.165, 1.54) is 0 Å². The van der Waals surface area contributed by atoms with Crippen LogP contribution in [0.1, 0.15) is 28.8 Å². The molecular formula is C17H15ClN4O4. The molecule has 1 aliphatic heterocycles. The van der Waals surface area contributed by atoms with Crippen LogP contribution in [0, 0.1) is 0 Å². The van der Waals surface area contributed by atoms with Crippen LogP contribution in [0.4, 0.5) is 0 Å². The van der Waals surface area contributed by atoms with Crippen molar-refractivity contribution in [2.24, 2.45) is 0 Å². The van der Waals surface area contributed by atoms with E-state index in [2.05, 4.69) is 20.4 Å². The second-order valence-corrected chi connectivity index (χ2v) is 6.31. The maximum atomic E-state index is 12.0. The minimum absolute atomic E-state index is 0.0525. The largest absolute Gasteiger partial charge is 0.460 e. The fourth-order valence-electron chi connectivity index (χ4n) is 3.16. The lowest BCUT2D eigenvalue weighted by Gasteiger charge is -2.03. The molecule has 0 unspecified atom stereocenters. The molecule has 2 N–H and O–H groups in total. The van der Waals surface area contributed by atoms with Gasteiger partial charge in [0.25, 0.3) is 11.7 Å². The smallest absolute Gasteiger partial charge is 0.379 e. The number of fused-ring (bicyclic) bond motifs is 3. The molecule has 0 saturated carbocycles. The van der Waals surface area contributed by atoms with Crippen LogP contribution < -0.4 is 5.32 Å². The number of nitrogens with zero attached hydrogens (tertiary/aromatic N) is 2. The first-order chi connectivity index (χ1) is 12.6. The third-order valence-corrected chi connectivity index (χ3v) is 4.42. The highest BCUT2D eigenvalue weighted by Crippen LogP contribution is 2.36. The fraction of sp³-hybridized carbons (Fsp3) is 0.294. The summed E-state index contributed by atoms with van der Waals surface area (Å²) in [6.45, 7) is 2.47. The molecule has 0 bridgehead atoms. The van der Waals surface area contributed by atoms with Crippen LogP contribution in [0.5, 0.6) is 0 Å². The Hall–Kier alpha value is -2.87. The standard InChI is InChI=1S/C17H15ClN4O4/c1-2-25-17(24)15-21-16(26-22-15)10-5-8(18)6-12-14(10)9-7-13(23)19-4-3-11(9)20-12/h5-6,20H,2-4,7H2,1H3,(H,19,23). The molecule has 3 heterocycles. The zero-order valence-corrected chi connectivity index (χ0v) is 14.6. The summed E-state index contributed by atoms with van der Waals surface area (Å²) >= 11 is 6.24. The average Bonchev–Trinajstić information content (AvgIpc) is 3.16. The van der Waals surface area contributed by atoms with E-state index in [9.17, 15) is 9.59 Å². The molecule has 26 heavy (non-hydrogen) atoms. The number of nitrogens with one attached hydrogen (secondary N) is 2. The number of ether oxygens (including phenoxy) is 1. The molecule has 3 aromatic rings. The van der Waals surface area contributed by atoms with Gasteiger partial charge in [0.1, 0.15) is 0 Å². The van der Waals surface area contributed by atoms with E-state index >= 15 is 0 Å². The summed E-state index contributed by atoms with van der Waals surface area (Å²) in [5.74, 6) is -0.724. The number of benzene rings is 1. The van der Waals surface area contributed by atoms with Crippen molar-refractivity contribution in [2.45, 2.75) is 19.8 Å². The predicted molar refractivity (Wildman–Crippen MR) is 93.0 cm³/mol. The lowest BCUT2D eigenvalue weighted by atomic mass is 10.0. The molecule has 0 saturated heterocycles. The van der Waals surface area contributed by atoms with Crippen LogP contribution >= 0.6 is 11.6 Å². The van der Waals surface area contributed by atoms with Crippen LogP contribution in [0.25, 0.3) is 22.4 Å². The second-order valence-electron chi connectivity index (χ2n) is 5.88. The molecule has 1 amide bonds. The van der Waals surface area contributed by atoms with Crippen molar-refractivity contribution in [3.63, 3.8) is 0 Å². The van der Waals surface area contributed by atoms with E-state index < -0.39 is 5.97 Å². The molecule has 4 rings (SSSR count). The Kier molecular flexibility index (Phi) is 4.12. The zero-order chi connectivity index (χ0) is 18.3. The molecule has 8 nitrogen and oxygen atoms in total. The fourth-order valence-corrected chi connectivity index (χ4v) is 3.38. The lowest BCUT2D eigenvalue weighted by Crippen LogP contribution is -2.24. The van der Waals surface area contributed by atoms with E-state index in [0.717, 1.165) is 22.2 Å². The quantitative estimate of drug-likeness (QED) is 0.680. The summed E-state index contributed by atoms with van der Waals surface area (Å²) in [6.07, 6.45) is 0.924. The summed E-state index contributed by atoms with van der Waals surface area (Å²) in [7, 11) is 0. The van der Waals surface area contributed by atoms with Gasteiger partial charge < -0.3 is 19.6 Å². The normalized spacial score (nSPS) is 14.0. The Balaban J connectivity index is 1.88. The summed E-state index contributed by atoms with van der Waals surface area (Å²) < 4.78 is 10.2. The van der Waals surface area contributed by atoms with Gasteiger partial charge in [-0.05, 0) is 29.8 Å². The van der Waals surface area contributed by atoms with Gasteiger partial charge in [-0.25, -0.2) is 4.79 Å². The van der Waals surface area contributed by atoms with E-state index in [1.54, 1.807) is 19.1 Å². The van der Waals surface area contributed by atoms with Crippen molar-refractivity contribution in [1.82, 2.24) is 20.4 Å². The number of H-pyrrole nitrogens is 1. The molecule has 0 fully saturated rings. The molecule has 1 aliphatic rings. The Morgan fingerprint density at radius 1 is 1.42 bits per heavy atom. The Morgan fingerprint density at radius 2 is 2.27 bits per heavy atom. The molecular weight excluding hydrogens is 360 g/mol. The first-order valence-electron chi connectivity index (χ1n) is 8.17. The number of aromatic nitrogens is 3. The number of hydrogen-bond donors (Lipinski definition) is 2. The van der Waals surface area contributed by atoms with E-state index in [0.29, 0.717) is 23.6 Å². The van der Waals surface area contributed by atoms with Crippen molar-refractivity contribution in [3.8, 4) is 11.5 Å². The van der Waals surface area contributed by atoms with Crippen molar-refractivity contribution in [3.05, 3.63) is 34.2 Å². The van der Waals surface area contributed by atoms with Crippen molar-refractivity contribution < 1.29 is 18.8 Å². The zero-order valence-electron chi connectivity index (χ0n) is 13.9. The minimum Gasteiger partial charge on any atom is -0.460 e. The maximum Gasteiger partial charge on any atom is 0.379 e. The Labute approximate surface area is 152 Å². The number of aromatic amines is 1. The number of rotatable bonds is 3. The average molecular weight is 375 g/mol. The first-order valence-corrected chi connectivity index (χ1v) is 8.55. The van der Waals surface area contributed by atoms with Gasteiger partial charge in [-0.1, -0.05) is 11.6 Å². The second kappa shape index (κ2) is 6.45. The molecule has 134 valence electrons. The number of carbonyl (C=O) groups excluding carboxylic acids is 2. The molecule has 0 atom stereocenters. The van der Waals surface area contributed by atoms with Gasteiger partial charge in [0.2, 0.25) is 5.91 Å². The Morgan fingerprint density at radius 3 is 3.08 bits per heavy atom. The minimum atomic E-state index is -0.659. The number of esters is 1. The summed E-state index contributed by atoms with van der Waals surface area (Å²) in [6, 6.07) is 3.47. The first kappa shape index (κ1) is 16.6. The predicted octanol–water partition coefficient (Wildman–Crippen LogP) is 2.26. The van der Waals surface area contributed by atoms with Gasteiger partial charge in [-0.2, -0.15) is 4.98 Å². The highest BCUT2D eigenvalue weighted by Gasteiger charge is 2.24. The number of amides is 1. The number of hydrogen-bond acceptors (Lipinski definition) is 6. The van der Waals surface area contributed by atoms with Crippen molar-refractivity contribution in [1.29, 1.82) is 0 Å². The van der Waals surface area contributed by atoms with Crippen LogP contribution in [-0.4, -0.2) is 40.2 Å². The SMILES string of the molecule is CCOC(=O)c1noc(-c2cc(Cl)cc3[nH]c4c(c23)CC(=O)NCC4)n1. The molecule has 0 spiro atoms. The van der Waals surface area contributed by atoms with Crippen molar-refractivity contribution in [2.75, 3.05) is 13.2 Å². The highest BCUT2D eigenvalue weighted by atomic mass is 35.5. The molecule has 2 aromatic heterocycles. The highest BCUT2D eigenvalue weighted by molar-refractivity contribution is 6.32. The summed E-state index contributed by atoms with van der Waals surface area (Å²) in [5.41, 5.74) is 3.19. The van der Waals surface area contributed by atoms with Crippen LogP contribution in [-0.2, 0) is 22.4 Å². The number of carbonyl (C=O) groups is 2. The van der Waals surface area contributed by atoms with Gasteiger partial charge in [0, 0.05) is 34.6 Å². The van der Waals surface area contributed by atoms with Gasteiger partial charge in [0.05, 0.1) is 18.6 Å².